The Hall–Kier alpha value is -2.85. The van der Waals surface area contributed by atoms with Crippen LogP contribution >= 0.6 is 0 Å². The van der Waals surface area contributed by atoms with Crippen LogP contribution in [0.4, 0.5) is 10.7 Å². The maximum Gasteiger partial charge on any atom is 0.323 e. The zero-order valence-corrected chi connectivity index (χ0v) is 12.2. The minimum atomic E-state index is -1.22. The average Bonchev–Trinajstić information content (AvgIpc) is 3.14. The molecule has 0 spiro atoms. The Labute approximate surface area is 130 Å². The van der Waals surface area contributed by atoms with E-state index in [2.05, 4.69) is 20.8 Å². The van der Waals surface area contributed by atoms with Crippen LogP contribution in [-0.2, 0) is 9.59 Å². The van der Waals surface area contributed by atoms with Gasteiger partial charge in [-0.2, -0.15) is 4.98 Å². The fourth-order valence-electron chi connectivity index (χ4n) is 2.15. The van der Waals surface area contributed by atoms with Gasteiger partial charge in [-0.1, -0.05) is 0 Å². The van der Waals surface area contributed by atoms with E-state index in [9.17, 15) is 14.4 Å². The van der Waals surface area contributed by atoms with Crippen molar-refractivity contribution in [2.24, 2.45) is 0 Å². The van der Waals surface area contributed by atoms with E-state index in [-0.39, 0.29) is 5.89 Å². The van der Waals surface area contributed by atoms with Gasteiger partial charge in [-0.3, -0.25) is 9.59 Å². The number of amides is 2. The monoisotopic (exact) mass is 327 g/mol. The number of aromatic nitrogens is 2. The van der Waals surface area contributed by atoms with Crippen LogP contribution in [0, 0.1) is 0 Å². The summed E-state index contributed by atoms with van der Waals surface area (Å²) in [7, 11) is 0. The Kier molecular flexibility index (Phi) is 5.33. The highest BCUT2D eigenvalue weighted by Crippen LogP contribution is 2.21. The fraction of sp³-hybridized carbons (Fsp3) is 0.583. The summed E-state index contributed by atoms with van der Waals surface area (Å²) in [5.41, 5.74) is 0. The van der Waals surface area contributed by atoms with Crippen LogP contribution in [-0.4, -0.2) is 58.0 Å². The molecule has 126 valence electrons. The third-order valence-corrected chi connectivity index (χ3v) is 3.20. The van der Waals surface area contributed by atoms with Crippen molar-refractivity contribution in [2.75, 3.05) is 24.5 Å². The molecule has 1 saturated heterocycles. The SMILES string of the molecule is O=C(O)CNC(=O)N[C@@H](CC(=O)O)c1nc(N2CCCC2)no1. The Morgan fingerprint density at radius 3 is 2.52 bits per heavy atom. The third-order valence-electron chi connectivity index (χ3n) is 3.20. The van der Waals surface area contributed by atoms with Crippen molar-refractivity contribution in [1.82, 2.24) is 20.8 Å². The number of nitrogens with one attached hydrogen (secondary N) is 2. The van der Waals surface area contributed by atoms with E-state index in [0.717, 1.165) is 25.9 Å². The molecule has 1 fully saturated rings. The van der Waals surface area contributed by atoms with Gasteiger partial charge in [0.1, 0.15) is 12.6 Å². The molecule has 1 aromatic rings. The highest BCUT2D eigenvalue weighted by molar-refractivity contribution is 5.80. The number of carbonyl (C=O) groups is 3. The topological polar surface area (TPSA) is 158 Å². The second kappa shape index (κ2) is 7.42. The van der Waals surface area contributed by atoms with Crippen LogP contribution in [0.1, 0.15) is 31.2 Å². The minimum absolute atomic E-state index is 0.0419. The van der Waals surface area contributed by atoms with Crippen LogP contribution in [0.3, 0.4) is 0 Å². The van der Waals surface area contributed by atoms with Gasteiger partial charge >= 0.3 is 18.0 Å². The zero-order valence-electron chi connectivity index (χ0n) is 12.2. The van der Waals surface area contributed by atoms with Crippen LogP contribution < -0.4 is 15.5 Å². The summed E-state index contributed by atoms with van der Waals surface area (Å²) in [5.74, 6) is -2.08. The van der Waals surface area contributed by atoms with Crippen molar-refractivity contribution >= 4 is 23.9 Å². The molecular formula is C12H17N5O6. The molecule has 1 atom stereocenters. The van der Waals surface area contributed by atoms with Gasteiger partial charge in [0.25, 0.3) is 11.8 Å². The van der Waals surface area contributed by atoms with Crippen LogP contribution in [0.5, 0.6) is 0 Å². The standard InChI is InChI=1S/C12H17N5O6/c18-8(19)5-7(14-12(22)13-6-9(20)21)10-15-11(16-23-10)17-3-1-2-4-17/h7H,1-6H2,(H,18,19)(H,20,21)(H2,13,14,22)/t7-/m0/s1. The molecule has 1 aromatic heterocycles. The Bertz CT molecular complexity index is 582. The van der Waals surface area contributed by atoms with E-state index in [1.54, 1.807) is 0 Å². The van der Waals surface area contributed by atoms with E-state index in [0.29, 0.717) is 5.95 Å². The molecule has 2 rings (SSSR count). The molecule has 0 aliphatic carbocycles. The lowest BCUT2D eigenvalue weighted by molar-refractivity contribution is -0.138. The van der Waals surface area contributed by atoms with Gasteiger partial charge in [-0.05, 0) is 18.0 Å². The molecule has 0 radical (unpaired) electrons. The van der Waals surface area contributed by atoms with E-state index < -0.39 is 37.0 Å². The molecule has 4 N–H and O–H groups in total. The molecule has 11 heteroatoms. The average molecular weight is 327 g/mol. The van der Waals surface area contributed by atoms with Crippen molar-refractivity contribution in [3.63, 3.8) is 0 Å². The van der Waals surface area contributed by atoms with Crippen molar-refractivity contribution in [1.29, 1.82) is 0 Å². The summed E-state index contributed by atoms with van der Waals surface area (Å²) in [4.78, 5) is 38.9. The van der Waals surface area contributed by atoms with Crippen LogP contribution in [0.15, 0.2) is 4.52 Å². The molecule has 0 aromatic carbocycles. The molecule has 1 aliphatic heterocycles. The van der Waals surface area contributed by atoms with E-state index in [1.807, 2.05) is 4.90 Å². The fourth-order valence-corrected chi connectivity index (χ4v) is 2.15. The molecule has 0 unspecified atom stereocenters. The number of carboxylic acids is 2. The number of rotatable bonds is 7. The molecule has 0 saturated carbocycles. The number of hydrogen-bond acceptors (Lipinski definition) is 7. The number of hydrogen-bond donors (Lipinski definition) is 4. The number of carbonyl (C=O) groups excluding carboxylic acids is 1. The highest BCUT2D eigenvalue weighted by atomic mass is 16.5. The largest absolute Gasteiger partial charge is 0.481 e. The first kappa shape index (κ1) is 16.5. The first-order valence-corrected chi connectivity index (χ1v) is 7.02. The van der Waals surface area contributed by atoms with E-state index in [4.69, 9.17) is 14.7 Å². The summed E-state index contributed by atoms with van der Waals surface area (Å²) in [5, 5.41) is 25.6. The lowest BCUT2D eigenvalue weighted by Gasteiger charge is -2.13. The maximum atomic E-state index is 11.6. The summed E-state index contributed by atoms with van der Waals surface area (Å²) >= 11 is 0. The van der Waals surface area contributed by atoms with Gasteiger partial charge < -0.3 is 30.3 Å². The zero-order chi connectivity index (χ0) is 16.8. The highest BCUT2D eigenvalue weighted by Gasteiger charge is 2.26. The Balaban J connectivity index is 2.03. The van der Waals surface area contributed by atoms with E-state index >= 15 is 0 Å². The first-order chi connectivity index (χ1) is 11.0. The van der Waals surface area contributed by atoms with Crippen molar-refractivity contribution in [2.45, 2.75) is 25.3 Å². The normalized spacial score (nSPS) is 15.2. The van der Waals surface area contributed by atoms with Gasteiger partial charge in [-0.15, -0.1) is 0 Å². The predicted molar refractivity (Wildman–Crippen MR) is 74.9 cm³/mol. The summed E-state index contributed by atoms with van der Waals surface area (Å²) in [6.45, 7) is 0.985. The number of aliphatic carboxylic acids is 2. The van der Waals surface area contributed by atoms with Crippen molar-refractivity contribution < 1.29 is 29.1 Å². The summed E-state index contributed by atoms with van der Waals surface area (Å²) in [6, 6.07) is -1.88. The van der Waals surface area contributed by atoms with Gasteiger partial charge in [-0.25, -0.2) is 4.79 Å². The van der Waals surface area contributed by atoms with Crippen molar-refractivity contribution in [3.8, 4) is 0 Å². The third kappa shape index (κ3) is 4.83. The molecule has 1 aliphatic rings. The van der Waals surface area contributed by atoms with Crippen molar-refractivity contribution in [3.05, 3.63) is 5.89 Å². The maximum absolute atomic E-state index is 11.6. The number of nitrogens with zero attached hydrogens (tertiary/aromatic N) is 3. The quantitative estimate of drug-likeness (QED) is 0.521. The van der Waals surface area contributed by atoms with E-state index in [1.165, 1.54) is 0 Å². The second-order valence-corrected chi connectivity index (χ2v) is 5.00. The molecule has 2 amide bonds. The first-order valence-electron chi connectivity index (χ1n) is 7.02. The Morgan fingerprint density at radius 1 is 1.22 bits per heavy atom. The van der Waals surface area contributed by atoms with Gasteiger partial charge in [0.05, 0.1) is 6.42 Å². The van der Waals surface area contributed by atoms with Gasteiger partial charge in [0.2, 0.25) is 0 Å². The number of anilines is 1. The lowest BCUT2D eigenvalue weighted by atomic mass is 10.2. The molecule has 11 nitrogen and oxygen atoms in total. The summed E-state index contributed by atoms with van der Waals surface area (Å²) < 4.78 is 5.04. The Morgan fingerprint density at radius 2 is 1.91 bits per heavy atom. The van der Waals surface area contributed by atoms with Gasteiger partial charge in [0, 0.05) is 13.1 Å². The molecule has 23 heavy (non-hydrogen) atoms. The summed E-state index contributed by atoms with van der Waals surface area (Å²) in [6.07, 6.45) is 1.55. The number of carboxylic acid groups (broad SMARTS) is 2. The van der Waals surface area contributed by atoms with Gasteiger partial charge in [0.15, 0.2) is 0 Å². The second-order valence-electron chi connectivity index (χ2n) is 5.00. The lowest BCUT2D eigenvalue weighted by Crippen LogP contribution is -2.41. The molecule has 2 heterocycles. The minimum Gasteiger partial charge on any atom is -0.481 e. The van der Waals surface area contributed by atoms with Crippen LogP contribution in [0.25, 0.3) is 0 Å². The molecule has 0 bridgehead atoms. The number of urea groups is 1. The smallest absolute Gasteiger partial charge is 0.323 e. The molecular weight excluding hydrogens is 310 g/mol. The predicted octanol–water partition coefficient (Wildman–Crippen LogP) is -0.431. The van der Waals surface area contributed by atoms with Crippen LogP contribution in [0.2, 0.25) is 0 Å².